The number of carbonyl (C=O) groups is 1. The average molecular weight is 275 g/mol. The fourth-order valence-electron chi connectivity index (χ4n) is 2.17. The highest BCUT2D eigenvalue weighted by Crippen LogP contribution is 2.29. The Morgan fingerprint density at radius 1 is 1.50 bits per heavy atom. The van der Waals surface area contributed by atoms with Crippen molar-refractivity contribution in [3.05, 3.63) is 41.0 Å². The predicted octanol–water partition coefficient (Wildman–Crippen LogP) is 3.30. The molecule has 0 aliphatic heterocycles. The van der Waals surface area contributed by atoms with Gasteiger partial charge in [0.15, 0.2) is 0 Å². The van der Waals surface area contributed by atoms with Gasteiger partial charge in [-0.3, -0.25) is 0 Å². The Labute approximate surface area is 119 Å². The minimum Gasteiger partial charge on any atom is -0.465 e. The number of methoxy groups -OCH3 is 1. The molecule has 1 aromatic rings. The second-order valence-corrected chi connectivity index (χ2v) is 5.19. The number of rotatable bonds is 6. The lowest BCUT2D eigenvalue weighted by Crippen LogP contribution is -2.31. The zero-order valence-corrected chi connectivity index (χ0v) is 12.0. The van der Waals surface area contributed by atoms with Crippen LogP contribution in [0.2, 0.25) is 0 Å². The summed E-state index contributed by atoms with van der Waals surface area (Å²) in [4.78, 5) is 12.8. The molecular formula is C16H21NO3. The number of aryl methyl sites for hydroxylation is 1. The zero-order chi connectivity index (χ0) is 14.5. The van der Waals surface area contributed by atoms with Gasteiger partial charge in [-0.25, -0.2) is 4.79 Å². The molecule has 0 aromatic heterocycles. The molecule has 4 heteroatoms. The van der Waals surface area contributed by atoms with E-state index in [4.69, 9.17) is 4.74 Å². The normalized spacial score (nSPS) is 14.7. The Balaban J connectivity index is 2.13. The SMILES string of the molecule is COCC=Cc1ccc(C)c(CN(C(=O)O)C2CC2)c1. The molecule has 0 bridgehead atoms. The van der Waals surface area contributed by atoms with E-state index in [1.807, 2.05) is 31.2 Å². The highest BCUT2D eigenvalue weighted by Gasteiger charge is 2.32. The number of ether oxygens (including phenoxy) is 1. The first kappa shape index (κ1) is 14.6. The lowest BCUT2D eigenvalue weighted by molar-refractivity contribution is 0.139. The summed E-state index contributed by atoms with van der Waals surface area (Å²) >= 11 is 0. The van der Waals surface area contributed by atoms with Gasteiger partial charge in [0, 0.05) is 19.7 Å². The molecule has 1 aromatic carbocycles. The van der Waals surface area contributed by atoms with Crippen LogP contribution in [0.4, 0.5) is 4.79 Å². The molecule has 4 nitrogen and oxygen atoms in total. The molecular weight excluding hydrogens is 254 g/mol. The van der Waals surface area contributed by atoms with Crippen molar-refractivity contribution < 1.29 is 14.6 Å². The molecule has 0 radical (unpaired) electrons. The Morgan fingerprint density at radius 3 is 2.85 bits per heavy atom. The van der Waals surface area contributed by atoms with E-state index in [0.29, 0.717) is 13.2 Å². The number of nitrogens with zero attached hydrogens (tertiary/aromatic N) is 1. The van der Waals surface area contributed by atoms with Gasteiger partial charge in [-0.05, 0) is 42.5 Å². The van der Waals surface area contributed by atoms with Crippen LogP contribution in [0.3, 0.4) is 0 Å². The third kappa shape index (κ3) is 3.84. The maximum atomic E-state index is 11.3. The van der Waals surface area contributed by atoms with Gasteiger partial charge in [0.1, 0.15) is 0 Å². The van der Waals surface area contributed by atoms with Crippen molar-refractivity contribution in [2.75, 3.05) is 13.7 Å². The average Bonchev–Trinajstić information content (AvgIpc) is 3.23. The van der Waals surface area contributed by atoms with E-state index in [2.05, 4.69) is 6.07 Å². The molecule has 0 spiro atoms. The molecule has 0 saturated heterocycles. The fourth-order valence-corrected chi connectivity index (χ4v) is 2.17. The van der Waals surface area contributed by atoms with Crippen molar-refractivity contribution in [2.24, 2.45) is 0 Å². The third-order valence-corrected chi connectivity index (χ3v) is 3.52. The first-order valence-electron chi connectivity index (χ1n) is 6.86. The van der Waals surface area contributed by atoms with Crippen LogP contribution in [0.5, 0.6) is 0 Å². The van der Waals surface area contributed by atoms with Crippen LogP contribution in [0.25, 0.3) is 6.08 Å². The molecule has 1 aliphatic carbocycles. The van der Waals surface area contributed by atoms with Crippen LogP contribution in [-0.4, -0.2) is 35.9 Å². The summed E-state index contributed by atoms with van der Waals surface area (Å²) in [6.45, 7) is 3.06. The number of amides is 1. The molecule has 2 rings (SSSR count). The third-order valence-electron chi connectivity index (χ3n) is 3.52. The van der Waals surface area contributed by atoms with Gasteiger partial charge in [-0.1, -0.05) is 24.3 Å². The van der Waals surface area contributed by atoms with Crippen molar-refractivity contribution in [1.29, 1.82) is 0 Å². The van der Waals surface area contributed by atoms with Crippen molar-refractivity contribution in [3.63, 3.8) is 0 Å². The van der Waals surface area contributed by atoms with E-state index < -0.39 is 6.09 Å². The Hall–Kier alpha value is -1.81. The fraction of sp³-hybridized carbons (Fsp3) is 0.438. The monoisotopic (exact) mass is 275 g/mol. The van der Waals surface area contributed by atoms with E-state index in [1.165, 1.54) is 0 Å². The largest absolute Gasteiger partial charge is 0.465 e. The minimum atomic E-state index is -0.827. The Kier molecular flexibility index (Phi) is 4.79. The van der Waals surface area contributed by atoms with E-state index in [9.17, 15) is 9.90 Å². The molecule has 1 amide bonds. The van der Waals surface area contributed by atoms with E-state index in [0.717, 1.165) is 29.5 Å². The van der Waals surface area contributed by atoms with E-state index >= 15 is 0 Å². The highest BCUT2D eigenvalue weighted by molar-refractivity contribution is 5.66. The van der Waals surface area contributed by atoms with Crippen LogP contribution < -0.4 is 0 Å². The van der Waals surface area contributed by atoms with Crippen molar-refractivity contribution in [2.45, 2.75) is 32.4 Å². The second kappa shape index (κ2) is 6.57. The van der Waals surface area contributed by atoms with Crippen LogP contribution in [0, 0.1) is 6.92 Å². The summed E-state index contributed by atoms with van der Waals surface area (Å²) in [6.07, 6.45) is 5.09. The van der Waals surface area contributed by atoms with Gasteiger partial charge in [0.05, 0.1) is 6.61 Å². The molecule has 1 N–H and O–H groups in total. The van der Waals surface area contributed by atoms with Gasteiger partial charge >= 0.3 is 6.09 Å². The molecule has 20 heavy (non-hydrogen) atoms. The van der Waals surface area contributed by atoms with Crippen molar-refractivity contribution in [1.82, 2.24) is 4.90 Å². The van der Waals surface area contributed by atoms with Crippen molar-refractivity contribution >= 4 is 12.2 Å². The lowest BCUT2D eigenvalue weighted by Gasteiger charge is -2.20. The lowest BCUT2D eigenvalue weighted by atomic mass is 10.0. The molecule has 1 fully saturated rings. The first-order chi connectivity index (χ1) is 9.61. The molecule has 0 unspecified atom stereocenters. The van der Waals surface area contributed by atoms with Gasteiger partial charge < -0.3 is 14.7 Å². The standard InChI is InChI=1S/C16H21NO3/c1-12-5-6-13(4-3-9-20-2)10-14(12)11-17(16(18)19)15-7-8-15/h3-6,10,15H,7-9,11H2,1-2H3,(H,18,19). The van der Waals surface area contributed by atoms with Crippen molar-refractivity contribution in [3.8, 4) is 0 Å². The smallest absolute Gasteiger partial charge is 0.407 e. The predicted molar refractivity (Wildman–Crippen MR) is 78.7 cm³/mol. The first-order valence-corrected chi connectivity index (χ1v) is 6.86. The van der Waals surface area contributed by atoms with Crippen LogP contribution in [0.15, 0.2) is 24.3 Å². The molecule has 108 valence electrons. The maximum absolute atomic E-state index is 11.3. The summed E-state index contributed by atoms with van der Waals surface area (Å²) in [6, 6.07) is 6.33. The second-order valence-electron chi connectivity index (χ2n) is 5.19. The van der Waals surface area contributed by atoms with E-state index in [1.54, 1.807) is 12.0 Å². The summed E-state index contributed by atoms with van der Waals surface area (Å²) < 4.78 is 4.98. The molecule has 0 heterocycles. The Morgan fingerprint density at radius 2 is 2.25 bits per heavy atom. The quantitative estimate of drug-likeness (QED) is 0.866. The van der Waals surface area contributed by atoms with E-state index in [-0.39, 0.29) is 6.04 Å². The summed E-state index contributed by atoms with van der Waals surface area (Å²) in [5.74, 6) is 0. The number of benzene rings is 1. The molecule has 1 aliphatic rings. The highest BCUT2D eigenvalue weighted by atomic mass is 16.5. The zero-order valence-electron chi connectivity index (χ0n) is 12.0. The van der Waals surface area contributed by atoms with Crippen LogP contribution in [-0.2, 0) is 11.3 Å². The number of carboxylic acid groups (broad SMARTS) is 1. The summed E-state index contributed by atoms with van der Waals surface area (Å²) in [5, 5.41) is 9.27. The topological polar surface area (TPSA) is 49.8 Å². The summed E-state index contributed by atoms with van der Waals surface area (Å²) in [5.41, 5.74) is 3.27. The Bertz CT molecular complexity index is 506. The molecule has 1 saturated carbocycles. The maximum Gasteiger partial charge on any atom is 0.407 e. The van der Waals surface area contributed by atoms with Gasteiger partial charge in [0.2, 0.25) is 0 Å². The summed E-state index contributed by atoms with van der Waals surface area (Å²) in [7, 11) is 1.66. The minimum absolute atomic E-state index is 0.208. The molecule has 0 atom stereocenters. The van der Waals surface area contributed by atoms with Crippen LogP contribution in [0.1, 0.15) is 29.5 Å². The van der Waals surface area contributed by atoms with Gasteiger partial charge in [-0.15, -0.1) is 0 Å². The number of hydrogen-bond donors (Lipinski definition) is 1. The number of hydrogen-bond acceptors (Lipinski definition) is 2. The van der Waals surface area contributed by atoms with Crippen LogP contribution >= 0.6 is 0 Å². The van der Waals surface area contributed by atoms with Gasteiger partial charge in [-0.2, -0.15) is 0 Å². The van der Waals surface area contributed by atoms with Gasteiger partial charge in [0.25, 0.3) is 0 Å².